The van der Waals surface area contributed by atoms with Crippen LogP contribution in [0, 0.1) is 11.3 Å². The summed E-state index contributed by atoms with van der Waals surface area (Å²) in [6.45, 7) is 0.622. The van der Waals surface area contributed by atoms with E-state index in [9.17, 15) is 4.79 Å². The molecule has 2 aliphatic carbocycles. The molecule has 1 unspecified atom stereocenters. The highest BCUT2D eigenvalue weighted by Gasteiger charge is 2.37. The van der Waals surface area contributed by atoms with E-state index in [1.807, 2.05) is 12.1 Å². The predicted molar refractivity (Wildman–Crippen MR) is 103 cm³/mol. The van der Waals surface area contributed by atoms with Gasteiger partial charge in [-0.25, -0.2) is 0 Å². The van der Waals surface area contributed by atoms with E-state index in [-0.39, 0.29) is 29.8 Å². The predicted octanol–water partition coefficient (Wildman–Crippen LogP) is 3.98. The number of halogens is 1. The molecular formula is C20H31ClN2O2. The Kier molecular flexibility index (Phi) is 7.14. The number of amides is 1. The molecular weight excluding hydrogens is 336 g/mol. The van der Waals surface area contributed by atoms with Crippen LogP contribution in [0.2, 0.25) is 0 Å². The second-order valence-corrected chi connectivity index (χ2v) is 7.60. The molecule has 0 aliphatic heterocycles. The molecule has 0 bridgehead atoms. The van der Waals surface area contributed by atoms with Crippen LogP contribution in [0.15, 0.2) is 24.3 Å². The van der Waals surface area contributed by atoms with Crippen molar-refractivity contribution in [3.8, 4) is 5.75 Å². The molecule has 3 rings (SSSR count). The van der Waals surface area contributed by atoms with Crippen molar-refractivity contribution in [2.45, 2.75) is 57.4 Å². The summed E-state index contributed by atoms with van der Waals surface area (Å²) in [6, 6.07) is 8.21. The fraction of sp³-hybridized carbons (Fsp3) is 0.650. The van der Waals surface area contributed by atoms with Crippen molar-refractivity contribution in [1.82, 2.24) is 5.32 Å². The van der Waals surface area contributed by atoms with Crippen LogP contribution in [0.1, 0.15) is 63.0 Å². The fourth-order valence-electron chi connectivity index (χ4n) is 4.03. The normalized spacial score (nSPS) is 20.2. The van der Waals surface area contributed by atoms with Gasteiger partial charge in [-0.2, -0.15) is 0 Å². The zero-order valence-electron chi connectivity index (χ0n) is 15.1. The van der Waals surface area contributed by atoms with Crippen LogP contribution in [0.5, 0.6) is 5.75 Å². The molecule has 5 heteroatoms. The van der Waals surface area contributed by atoms with E-state index >= 15 is 0 Å². The number of benzene rings is 1. The quantitative estimate of drug-likeness (QED) is 0.767. The minimum absolute atomic E-state index is 0. The molecule has 25 heavy (non-hydrogen) atoms. The molecule has 0 aromatic heterocycles. The number of nitrogens with one attached hydrogen (secondary N) is 1. The lowest BCUT2D eigenvalue weighted by molar-refractivity contribution is -0.124. The average Bonchev–Trinajstić information content (AvgIpc) is 3.45. The van der Waals surface area contributed by atoms with Gasteiger partial charge in [0.15, 0.2) is 0 Å². The number of rotatable bonds is 7. The van der Waals surface area contributed by atoms with Gasteiger partial charge >= 0.3 is 0 Å². The third kappa shape index (κ3) is 5.11. The van der Waals surface area contributed by atoms with Gasteiger partial charge in [0, 0.05) is 6.42 Å². The summed E-state index contributed by atoms with van der Waals surface area (Å²) >= 11 is 0. The Morgan fingerprint density at radius 2 is 1.88 bits per heavy atom. The summed E-state index contributed by atoms with van der Waals surface area (Å²) in [5.74, 6) is 1.58. The van der Waals surface area contributed by atoms with Gasteiger partial charge in [-0.3, -0.25) is 4.79 Å². The maximum absolute atomic E-state index is 12.7. The van der Waals surface area contributed by atoms with E-state index in [0.29, 0.717) is 18.9 Å². The lowest BCUT2D eigenvalue weighted by Gasteiger charge is -2.36. The van der Waals surface area contributed by atoms with Crippen molar-refractivity contribution in [3.63, 3.8) is 0 Å². The zero-order valence-corrected chi connectivity index (χ0v) is 15.9. The van der Waals surface area contributed by atoms with Gasteiger partial charge in [0.1, 0.15) is 5.75 Å². The SMILES string of the molecule is COc1ccc(C(NC(=O)CC2(CN)CCCCC2)C2CC2)cc1.Cl. The van der Waals surface area contributed by atoms with Gasteiger partial charge < -0.3 is 15.8 Å². The van der Waals surface area contributed by atoms with Crippen LogP contribution in [-0.2, 0) is 4.79 Å². The molecule has 2 saturated carbocycles. The molecule has 1 atom stereocenters. The van der Waals surface area contributed by atoms with E-state index in [0.717, 1.165) is 18.6 Å². The van der Waals surface area contributed by atoms with E-state index < -0.39 is 0 Å². The van der Waals surface area contributed by atoms with Crippen LogP contribution in [0.3, 0.4) is 0 Å². The summed E-state index contributed by atoms with van der Waals surface area (Å²) in [6.07, 6.45) is 8.83. The molecule has 1 aromatic rings. The Balaban J connectivity index is 0.00000225. The third-order valence-corrected chi connectivity index (χ3v) is 5.77. The van der Waals surface area contributed by atoms with Crippen LogP contribution in [0.25, 0.3) is 0 Å². The summed E-state index contributed by atoms with van der Waals surface area (Å²) in [5.41, 5.74) is 7.24. The first-order chi connectivity index (χ1) is 11.7. The van der Waals surface area contributed by atoms with E-state index in [1.165, 1.54) is 37.7 Å². The Hall–Kier alpha value is -1.26. The maximum atomic E-state index is 12.7. The maximum Gasteiger partial charge on any atom is 0.221 e. The van der Waals surface area contributed by atoms with Gasteiger partial charge in [-0.15, -0.1) is 12.4 Å². The summed E-state index contributed by atoms with van der Waals surface area (Å²) in [5, 5.41) is 3.30. The average molecular weight is 367 g/mol. The monoisotopic (exact) mass is 366 g/mol. The zero-order chi connectivity index (χ0) is 17.0. The Morgan fingerprint density at radius 3 is 2.40 bits per heavy atom. The smallest absolute Gasteiger partial charge is 0.221 e. The largest absolute Gasteiger partial charge is 0.497 e. The first-order valence-electron chi connectivity index (χ1n) is 9.29. The molecule has 0 saturated heterocycles. The van der Waals surface area contributed by atoms with Crippen molar-refractivity contribution < 1.29 is 9.53 Å². The van der Waals surface area contributed by atoms with E-state index in [1.54, 1.807) is 7.11 Å². The highest BCUT2D eigenvalue weighted by molar-refractivity contribution is 5.85. The number of hydrogen-bond acceptors (Lipinski definition) is 3. The molecule has 0 spiro atoms. The van der Waals surface area contributed by atoms with E-state index in [2.05, 4.69) is 17.4 Å². The van der Waals surface area contributed by atoms with Crippen LogP contribution >= 0.6 is 12.4 Å². The number of methoxy groups -OCH3 is 1. The van der Waals surface area contributed by atoms with Crippen molar-refractivity contribution in [3.05, 3.63) is 29.8 Å². The highest BCUT2D eigenvalue weighted by Crippen LogP contribution is 2.42. The van der Waals surface area contributed by atoms with Gasteiger partial charge in [0.05, 0.1) is 13.2 Å². The Bertz CT molecular complexity index is 551. The summed E-state index contributed by atoms with van der Waals surface area (Å²) in [7, 11) is 1.67. The van der Waals surface area contributed by atoms with Gasteiger partial charge in [-0.1, -0.05) is 31.4 Å². The number of hydrogen-bond donors (Lipinski definition) is 2. The van der Waals surface area contributed by atoms with Gasteiger partial charge in [-0.05, 0) is 61.3 Å². The fourth-order valence-corrected chi connectivity index (χ4v) is 4.03. The lowest BCUT2D eigenvalue weighted by atomic mass is 9.71. The lowest BCUT2D eigenvalue weighted by Crippen LogP contribution is -2.40. The van der Waals surface area contributed by atoms with Crippen molar-refractivity contribution in [1.29, 1.82) is 0 Å². The first kappa shape index (κ1) is 20.1. The van der Waals surface area contributed by atoms with Crippen molar-refractivity contribution >= 4 is 18.3 Å². The van der Waals surface area contributed by atoms with E-state index in [4.69, 9.17) is 10.5 Å². The first-order valence-corrected chi connectivity index (χ1v) is 9.29. The number of ether oxygens (including phenoxy) is 1. The molecule has 2 aliphatic rings. The Morgan fingerprint density at radius 1 is 1.24 bits per heavy atom. The van der Waals surface area contributed by atoms with Crippen molar-refractivity contribution in [2.75, 3.05) is 13.7 Å². The van der Waals surface area contributed by atoms with Gasteiger partial charge in [0.2, 0.25) is 5.91 Å². The molecule has 1 amide bonds. The molecule has 140 valence electrons. The van der Waals surface area contributed by atoms with Crippen molar-refractivity contribution in [2.24, 2.45) is 17.1 Å². The van der Waals surface area contributed by atoms with Gasteiger partial charge in [0.25, 0.3) is 0 Å². The minimum atomic E-state index is 0. The summed E-state index contributed by atoms with van der Waals surface area (Å²) < 4.78 is 5.23. The summed E-state index contributed by atoms with van der Waals surface area (Å²) in [4.78, 5) is 12.7. The molecule has 3 N–H and O–H groups in total. The standard InChI is InChI=1S/C20H30N2O2.ClH/c1-24-17-9-7-16(8-10-17)19(15-5-6-15)22-18(23)13-20(14-21)11-3-2-4-12-20;/h7-10,15,19H,2-6,11-14,21H2,1H3,(H,22,23);1H. The number of nitrogens with two attached hydrogens (primary N) is 1. The number of carbonyl (C=O) groups is 1. The molecule has 0 heterocycles. The second-order valence-electron chi connectivity index (χ2n) is 7.60. The topological polar surface area (TPSA) is 64.3 Å². The minimum Gasteiger partial charge on any atom is -0.497 e. The highest BCUT2D eigenvalue weighted by atomic mass is 35.5. The number of carbonyl (C=O) groups excluding carboxylic acids is 1. The third-order valence-electron chi connectivity index (χ3n) is 5.77. The molecule has 0 radical (unpaired) electrons. The van der Waals surface area contributed by atoms with Crippen LogP contribution in [-0.4, -0.2) is 19.6 Å². The molecule has 1 aromatic carbocycles. The van der Waals surface area contributed by atoms with Crippen LogP contribution in [0.4, 0.5) is 0 Å². The second kappa shape index (κ2) is 8.91. The molecule has 4 nitrogen and oxygen atoms in total. The molecule has 2 fully saturated rings. The van der Waals surface area contributed by atoms with Crippen LogP contribution < -0.4 is 15.8 Å². The Labute approximate surface area is 157 Å².